The normalized spacial score (nSPS) is 10.9. The molecule has 0 saturated heterocycles. The molecule has 0 saturated carbocycles. The van der Waals surface area contributed by atoms with E-state index in [4.69, 9.17) is 0 Å². The smallest absolute Gasteiger partial charge is 0.341 e. The minimum atomic E-state index is -2.65. The van der Waals surface area contributed by atoms with Gasteiger partial charge in [-0.25, -0.2) is 18.0 Å². The lowest BCUT2D eigenvalue weighted by atomic mass is 10.1. The number of halogens is 3. The highest BCUT2D eigenvalue weighted by atomic mass is 19.3. The summed E-state index contributed by atoms with van der Waals surface area (Å²) in [7, 11) is 0. The third-order valence-electron chi connectivity index (χ3n) is 3.65. The van der Waals surface area contributed by atoms with Gasteiger partial charge in [-0.3, -0.25) is 4.79 Å². The van der Waals surface area contributed by atoms with Gasteiger partial charge in [0.05, 0.1) is 11.4 Å². The lowest BCUT2D eigenvalue weighted by Gasteiger charge is -2.10. The number of aromatic nitrogens is 2. The van der Waals surface area contributed by atoms with Gasteiger partial charge in [-0.15, -0.1) is 0 Å². The number of hydrogen-bond acceptors (Lipinski definition) is 3. The zero-order valence-corrected chi connectivity index (χ0v) is 13.1. The standard InChI is InChI=1S/C18H11F3N2O3/c19-12-2-1-3-13(8-12)23-17(24)14(18(25)26)9-15(22-23)10-4-6-11(7-5-10)16(20)21/h1-9,16H,(H,25,26). The average Bonchev–Trinajstić information content (AvgIpc) is 2.61. The van der Waals surface area contributed by atoms with Crippen molar-refractivity contribution in [3.8, 4) is 16.9 Å². The Hall–Kier alpha value is -3.42. The van der Waals surface area contributed by atoms with Crippen molar-refractivity contribution < 1.29 is 23.1 Å². The van der Waals surface area contributed by atoms with Gasteiger partial charge in [-0.1, -0.05) is 30.3 Å². The van der Waals surface area contributed by atoms with Crippen LogP contribution >= 0.6 is 0 Å². The van der Waals surface area contributed by atoms with Crippen molar-refractivity contribution in [2.75, 3.05) is 0 Å². The molecular formula is C18H11F3N2O3. The predicted octanol–water partition coefficient (Wildman–Crippen LogP) is 3.67. The number of carboxylic acid groups (broad SMARTS) is 1. The van der Waals surface area contributed by atoms with Crippen LogP contribution in [0.5, 0.6) is 0 Å². The summed E-state index contributed by atoms with van der Waals surface area (Å²) in [5.74, 6) is -2.10. The van der Waals surface area contributed by atoms with Crippen LogP contribution in [0.2, 0.25) is 0 Å². The molecule has 0 aliphatic rings. The maximum atomic E-state index is 13.5. The van der Waals surface area contributed by atoms with E-state index in [0.29, 0.717) is 5.56 Å². The Morgan fingerprint density at radius 2 is 1.77 bits per heavy atom. The van der Waals surface area contributed by atoms with E-state index in [1.807, 2.05) is 0 Å². The van der Waals surface area contributed by atoms with Crippen molar-refractivity contribution in [2.45, 2.75) is 6.43 Å². The first kappa shape index (κ1) is 17.4. The second-order valence-electron chi connectivity index (χ2n) is 5.37. The topological polar surface area (TPSA) is 72.2 Å². The fraction of sp³-hybridized carbons (Fsp3) is 0.0556. The highest BCUT2D eigenvalue weighted by Gasteiger charge is 2.17. The summed E-state index contributed by atoms with van der Waals surface area (Å²) >= 11 is 0. The molecule has 0 fully saturated rings. The largest absolute Gasteiger partial charge is 0.477 e. The highest BCUT2D eigenvalue weighted by molar-refractivity contribution is 5.88. The molecule has 1 N–H and O–H groups in total. The van der Waals surface area contributed by atoms with Crippen LogP contribution in [0.4, 0.5) is 13.2 Å². The molecule has 0 spiro atoms. The Balaban J connectivity index is 2.20. The van der Waals surface area contributed by atoms with Gasteiger partial charge in [0.25, 0.3) is 12.0 Å². The van der Waals surface area contributed by atoms with Crippen LogP contribution in [0, 0.1) is 5.82 Å². The Labute approximate surface area is 145 Å². The van der Waals surface area contributed by atoms with Crippen molar-refractivity contribution in [1.82, 2.24) is 9.78 Å². The van der Waals surface area contributed by atoms with E-state index in [2.05, 4.69) is 5.10 Å². The first-order valence-electron chi connectivity index (χ1n) is 7.39. The summed E-state index contributed by atoms with van der Waals surface area (Å²) in [5, 5.41) is 13.3. The van der Waals surface area contributed by atoms with Gasteiger partial charge < -0.3 is 5.11 Å². The number of carbonyl (C=O) groups is 1. The van der Waals surface area contributed by atoms with Gasteiger partial charge in [0, 0.05) is 11.1 Å². The average molecular weight is 360 g/mol. The SMILES string of the molecule is O=C(O)c1cc(-c2ccc(C(F)F)cc2)nn(-c2cccc(F)c2)c1=O. The molecule has 0 aliphatic heterocycles. The van der Waals surface area contributed by atoms with E-state index >= 15 is 0 Å². The number of rotatable bonds is 4. The third-order valence-corrected chi connectivity index (χ3v) is 3.65. The molecule has 0 amide bonds. The van der Waals surface area contributed by atoms with Crippen molar-refractivity contribution >= 4 is 5.97 Å². The van der Waals surface area contributed by atoms with E-state index in [1.54, 1.807) is 0 Å². The maximum absolute atomic E-state index is 13.5. The van der Waals surface area contributed by atoms with Crippen LogP contribution in [-0.4, -0.2) is 20.9 Å². The highest BCUT2D eigenvalue weighted by Crippen LogP contribution is 2.23. The van der Waals surface area contributed by atoms with Crippen LogP contribution in [-0.2, 0) is 0 Å². The van der Waals surface area contributed by atoms with Gasteiger partial charge in [0.1, 0.15) is 11.4 Å². The number of aromatic carboxylic acids is 1. The monoisotopic (exact) mass is 360 g/mol. The molecule has 5 nitrogen and oxygen atoms in total. The van der Waals surface area contributed by atoms with Gasteiger partial charge >= 0.3 is 5.97 Å². The predicted molar refractivity (Wildman–Crippen MR) is 87.1 cm³/mol. The first-order chi connectivity index (χ1) is 12.4. The van der Waals surface area contributed by atoms with Crippen LogP contribution in [0.1, 0.15) is 22.3 Å². The number of alkyl halides is 2. The fourth-order valence-corrected chi connectivity index (χ4v) is 2.37. The van der Waals surface area contributed by atoms with Gasteiger partial charge in [0.2, 0.25) is 0 Å². The summed E-state index contributed by atoms with van der Waals surface area (Å²) in [4.78, 5) is 23.7. The van der Waals surface area contributed by atoms with E-state index in [0.717, 1.165) is 16.8 Å². The molecule has 1 aromatic heterocycles. The van der Waals surface area contributed by atoms with Crippen molar-refractivity contribution in [2.24, 2.45) is 0 Å². The lowest BCUT2D eigenvalue weighted by molar-refractivity contribution is 0.0694. The third kappa shape index (κ3) is 3.34. The molecule has 132 valence electrons. The molecule has 0 bridgehead atoms. The van der Waals surface area contributed by atoms with Crippen LogP contribution < -0.4 is 5.56 Å². The molecule has 8 heteroatoms. The van der Waals surface area contributed by atoms with E-state index in [-0.39, 0.29) is 16.9 Å². The van der Waals surface area contributed by atoms with Crippen LogP contribution in [0.25, 0.3) is 16.9 Å². The summed E-state index contributed by atoms with van der Waals surface area (Å²) < 4.78 is 39.6. The fourth-order valence-electron chi connectivity index (χ4n) is 2.37. The van der Waals surface area contributed by atoms with Gasteiger partial charge in [0.15, 0.2) is 0 Å². The van der Waals surface area contributed by atoms with Gasteiger partial charge in [-0.05, 0) is 24.3 Å². The van der Waals surface area contributed by atoms with E-state index in [1.165, 1.54) is 42.5 Å². The minimum absolute atomic E-state index is 0.0450. The molecule has 0 radical (unpaired) electrons. The molecule has 0 unspecified atom stereocenters. The maximum Gasteiger partial charge on any atom is 0.341 e. The Bertz CT molecular complexity index is 1030. The number of carboxylic acids is 1. The molecule has 3 rings (SSSR count). The zero-order valence-electron chi connectivity index (χ0n) is 13.1. The van der Waals surface area contributed by atoms with Crippen molar-refractivity contribution in [3.63, 3.8) is 0 Å². The quantitative estimate of drug-likeness (QED) is 0.770. The first-order valence-corrected chi connectivity index (χ1v) is 7.39. The Morgan fingerprint density at radius 1 is 1.08 bits per heavy atom. The molecule has 26 heavy (non-hydrogen) atoms. The number of benzene rings is 2. The molecule has 0 atom stereocenters. The van der Waals surface area contributed by atoms with Crippen molar-refractivity contribution in [1.29, 1.82) is 0 Å². The second kappa shape index (κ2) is 6.83. The van der Waals surface area contributed by atoms with Crippen molar-refractivity contribution in [3.05, 3.63) is 81.9 Å². The van der Waals surface area contributed by atoms with E-state index < -0.39 is 29.3 Å². The second-order valence-corrected chi connectivity index (χ2v) is 5.37. The van der Waals surface area contributed by atoms with E-state index in [9.17, 15) is 27.9 Å². The molecule has 2 aromatic carbocycles. The molecule has 1 heterocycles. The Morgan fingerprint density at radius 3 is 2.35 bits per heavy atom. The summed E-state index contributed by atoms with van der Waals surface area (Å²) in [6, 6.07) is 11.0. The number of nitrogens with zero attached hydrogens (tertiary/aromatic N) is 2. The summed E-state index contributed by atoms with van der Waals surface area (Å²) in [5.41, 5.74) is -1.25. The summed E-state index contributed by atoms with van der Waals surface area (Å²) in [6.07, 6.45) is -2.65. The molecule has 0 aliphatic carbocycles. The Kier molecular flexibility index (Phi) is 4.57. The number of hydrogen-bond donors (Lipinski definition) is 1. The molecular weight excluding hydrogens is 349 g/mol. The van der Waals surface area contributed by atoms with Gasteiger partial charge in [-0.2, -0.15) is 9.78 Å². The lowest BCUT2D eigenvalue weighted by Crippen LogP contribution is -2.27. The zero-order chi connectivity index (χ0) is 18.8. The van der Waals surface area contributed by atoms with Crippen LogP contribution in [0.15, 0.2) is 59.4 Å². The minimum Gasteiger partial charge on any atom is -0.477 e. The molecule has 3 aromatic rings. The summed E-state index contributed by atoms with van der Waals surface area (Å²) in [6.45, 7) is 0. The van der Waals surface area contributed by atoms with Crippen LogP contribution in [0.3, 0.4) is 0 Å².